The lowest BCUT2D eigenvalue weighted by atomic mass is 10.1. The van der Waals surface area contributed by atoms with Crippen LogP contribution in [-0.4, -0.2) is 21.1 Å². The molecule has 20 heavy (non-hydrogen) atoms. The van der Waals surface area contributed by atoms with Gasteiger partial charge in [-0.1, -0.05) is 6.42 Å². The summed E-state index contributed by atoms with van der Waals surface area (Å²) in [6, 6.07) is 2.23. The number of nitrogens with zero attached hydrogens (tertiary/aromatic N) is 3. The number of hydrogen-bond acceptors (Lipinski definition) is 5. The average Bonchev–Trinajstić information content (AvgIpc) is 3.02. The van der Waals surface area contributed by atoms with Crippen molar-refractivity contribution in [2.45, 2.75) is 32.1 Å². The highest BCUT2D eigenvalue weighted by Crippen LogP contribution is 2.37. The number of carbonyl (C=O) groups is 1. The molecule has 7 heteroatoms. The van der Waals surface area contributed by atoms with Gasteiger partial charge in [-0.05, 0) is 31.2 Å². The Morgan fingerprint density at radius 1 is 1.40 bits per heavy atom. The maximum atomic E-state index is 12.0. The largest absolute Gasteiger partial charge is 0.310 e. The first-order valence-corrected chi connectivity index (χ1v) is 7.32. The van der Waals surface area contributed by atoms with Gasteiger partial charge in [-0.15, -0.1) is 11.3 Å². The summed E-state index contributed by atoms with van der Waals surface area (Å²) in [4.78, 5) is 17.0. The zero-order chi connectivity index (χ0) is 13.9. The van der Waals surface area contributed by atoms with Crippen LogP contribution in [0.4, 0.5) is 5.00 Å². The first-order chi connectivity index (χ1) is 9.79. The van der Waals surface area contributed by atoms with Crippen LogP contribution in [0.1, 0.15) is 45.9 Å². The van der Waals surface area contributed by atoms with Gasteiger partial charge in [0.15, 0.2) is 0 Å². The standard InChI is InChI=1S/C13H13N5OS/c14-6-9-8-4-2-1-3-5-10(8)20-13(9)17-12(19)11-15-7-16-18-11/h7H,1-5H2,(H,17,19)(H,15,16,18). The molecule has 6 nitrogen and oxygen atoms in total. The predicted molar refractivity (Wildman–Crippen MR) is 74.6 cm³/mol. The fourth-order valence-corrected chi connectivity index (χ4v) is 3.66. The van der Waals surface area contributed by atoms with Crippen molar-refractivity contribution in [3.8, 4) is 6.07 Å². The van der Waals surface area contributed by atoms with Gasteiger partial charge in [-0.25, -0.2) is 4.98 Å². The van der Waals surface area contributed by atoms with Gasteiger partial charge < -0.3 is 5.32 Å². The van der Waals surface area contributed by atoms with E-state index in [-0.39, 0.29) is 11.7 Å². The van der Waals surface area contributed by atoms with Crippen molar-refractivity contribution >= 4 is 22.2 Å². The average molecular weight is 287 g/mol. The fourth-order valence-electron chi connectivity index (χ4n) is 2.43. The Morgan fingerprint density at radius 3 is 3.00 bits per heavy atom. The Kier molecular flexibility index (Phi) is 3.48. The number of amides is 1. The maximum absolute atomic E-state index is 12.0. The molecule has 0 saturated heterocycles. The predicted octanol–water partition coefficient (Wildman–Crippen LogP) is 2.26. The number of fused-ring (bicyclic) bond motifs is 1. The Hall–Kier alpha value is -2.20. The third kappa shape index (κ3) is 2.30. The zero-order valence-corrected chi connectivity index (χ0v) is 11.6. The summed E-state index contributed by atoms with van der Waals surface area (Å²) in [5, 5.41) is 18.9. The Labute approximate surface area is 119 Å². The van der Waals surface area contributed by atoms with E-state index in [9.17, 15) is 10.1 Å². The lowest BCUT2D eigenvalue weighted by Crippen LogP contribution is -2.13. The second-order valence-electron chi connectivity index (χ2n) is 4.67. The Morgan fingerprint density at radius 2 is 2.25 bits per heavy atom. The molecule has 0 aromatic carbocycles. The van der Waals surface area contributed by atoms with E-state index in [4.69, 9.17) is 0 Å². The first kappa shape index (κ1) is 12.8. The second kappa shape index (κ2) is 5.43. The highest BCUT2D eigenvalue weighted by molar-refractivity contribution is 7.16. The minimum absolute atomic E-state index is 0.150. The van der Waals surface area contributed by atoms with E-state index in [2.05, 4.69) is 26.6 Å². The van der Waals surface area contributed by atoms with E-state index < -0.39 is 0 Å². The molecule has 2 aromatic rings. The summed E-state index contributed by atoms with van der Waals surface area (Å²) < 4.78 is 0. The van der Waals surface area contributed by atoms with E-state index in [1.165, 1.54) is 29.0 Å². The quantitative estimate of drug-likeness (QED) is 0.828. The van der Waals surface area contributed by atoms with Crippen molar-refractivity contribution in [1.82, 2.24) is 15.2 Å². The van der Waals surface area contributed by atoms with Gasteiger partial charge in [0.2, 0.25) is 5.82 Å². The van der Waals surface area contributed by atoms with Crippen molar-refractivity contribution in [3.05, 3.63) is 28.2 Å². The highest BCUT2D eigenvalue weighted by atomic mass is 32.1. The molecule has 0 saturated carbocycles. The number of rotatable bonds is 2. The molecule has 1 amide bonds. The third-order valence-electron chi connectivity index (χ3n) is 3.39. The van der Waals surface area contributed by atoms with Crippen LogP contribution in [0.25, 0.3) is 0 Å². The van der Waals surface area contributed by atoms with E-state index in [0.717, 1.165) is 31.2 Å². The monoisotopic (exact) mass is 287 g/mol. The molecule has 3 rings (SSSR count). The smallest absolute Gasteiger partial charge is 0.293 e. The van der Waals surface area contributed by atoms with Crippen molar-refractivity contribution in [1.29, 1.82) is 5.26 Å². The van der Waals surface area contributed by atoms with Crippen LogP contribution < -0.4 is 5.32 Å². The summed E-state index contributed by atoms with van der Waals surface area (Å²) in [7, 11) is 0. The van der Waals surface area contributed by atoms with Gasteiger partial charge in [0, 0.05) is 4.88 Å². The molecule has 0 atom stereocenters. The number of aryl methyl sites for hydroxylation is 1. The molecule has 2 heterocycles. The van der Waals surface area contributed by atoms with E-state index in [1.54, 1.807) is 0 Å². The topological polar surface area (TPSA) is 94.5 Å². The van der Waals surface area contributed by atoms with Crippen LogP contribution in [0, 0.1) is 11.3 Å². The van der Waals surface area contributed by atoms with Gasteiger partial charge >= 0.3 is 0 Å². The van der Waals surface area contributed by atoms with Crippen molar-refractivity contribution in [3.63, 3.8) is 0 Å². The fraction of sp³-hybridized carbons (Fsp3) is 0.385. The normalized spacial score (nSPS) is 14.2. The summed E-state index contributed by atoms with van der Waals surface area (Å²) in [5.41, 5.74) is 1.72. The molecule has 2 aromatic heterocycles. The van der Waals surface area contributed by atoms with Gasteiger partial charge in [0.05, 0.1) is 5.56 Å². The Balaban J connectivity index is 1.90. The van der Waals surface area contributed by atoms with Crippen molar-refractivity contribution < 1.29 is 4.79 Å². The summed E-state index contributed by atoms with van der Waals surface area (Å²) >= 11 is 1.51. The minimum Gasteiger partial charge on any atom is -0.310 e. The third-order valence-corrected chi connectivity index (χ3v) is 4.60. The van der Waals surface area contributed by atoms with Crippen molar-refractivity contribution in [2.75, 3.05) is 5.32 Å². The lowest BCUT2D eigenvalue weighted by Gasteiger charge is -2.01. The lowest BCUT2D eigenvalue weighted by molar-refractivity contribution is 0.101. The van der Waals surface area contributed by atoms with E-state index >= 15 is 0 Å². The summed E-state index contributed by atoms with van der Waals surface area (Å²) in [6.45, 7) is 0. The van der Waals surface area contributed by atoms with Crippen LogP contribution in [0.2, 0.25) is 0 Å². The minimum atomic E-state index is -0.365. The Bertz CT molecular complexity index is 668. The number of anilines is 1. The number of thiophene rings is 1. The molecule has 0 radical (unpaired) electrons. The van der Waals surface area contributed by atoms with Crippen LogP contribution in [0.3, 0.4) is 0 Å². The molecular weight excluding hydrogens is 274 g/mol. The number of nitriles is 1. The van der Waals surface area contributed by atoms with Gasteiger partial charge in [-0.2, -0.15) is 10.4 Å². The van der Waals surface area contributed by atoms with Crippen LogP contribution in [-0.2, 0) is 12.8 Å². The molecule has 1 aliphatic carbocycles. The number of aromatic nitrogens is 3. The van der Waals surface area contributed by atoms with Crippen LogP contribution in [0.5, 0.6) is 0 Å². The van der Waals surface area contributed by atoms with Gasteiger partial charge in [0.1, 0.15) is 17.4 Å². The molecular formula is C13H13N5OS. The SMILES string of the molecule is N#Cc1c(NC(=O)c2ncn[nH]2)sc2c1CCCCC2. The second-order valence-corrected chi connectivity index (χ2v) is 5.77. The molecule has 102 valence electrons. The number of hydrogen-bond donors (Lipinski definition) is 2. The van der Waals surface area contributed by atoms with Crippen LogP contribution >= 0.6 is 11.3 Å². The summed E-state index contributed by atoms with van der Waals surface area (Å²) in [6.07, 6.45) is 6.65. The zero-order valence-electron chi connectivity index (χ0n) is 10.8. The number of carbonyl (C=O) groups excluding carboxylic acids is 1. The molecule has 0 bridgehead atoms. The van der Waals surface area contributed by atoms with E-state index in [1.807, 2.05) is 0 Å². The molecule has 2 N–H and O–H groups in total. The number of nitrogens with one attached hydrogen (secondary N) is 2. The van der Waals surface area contributed by atoms with Crippen molar-refractivity contribution in [2.24, 2.45) is 0 Å². The molecule has 1 aliphatic rings. The first-order valence-electron chi connectivity index (χ1n) is 6.51. The van der Waals surface area contributed by atoms with Gasteiger partial charge in [-0.3, -0.25) is 9.89 Å². The maximum Gasteiger partial charge on any atom is 0.293 e. The molecule has 0 aliphatic heterocycles. The molecule has 0 fully saturated rings. The van der Waals surface area contributed by atoms with E-state index in [0.29, 0.717) is 10.6 Å². The number of aromatic amines is 1. The molecule has 0 unspecified atom stereocenters. The highest BCUT2D eigenvalue weighted by Gasteiger charge is 2.21. The number of H-pyrrole nitrogens is 1. The van der Waals surface area contributed by atoms with Gasteiger partial charge in [0.25, 0.3) is 5.91 Å². The van der Waals surface area contributed by atoms with Crippen LogP contribution in [0.15, 0.2) is 6.33 Å². The summed E-state index contributed by atoms with van der Waals surface area (Å²) in [5.74, 6) is -0.215. The molecule has 0 spiro atoms.